The molecule has 0 radical (unpaired) electrons. The maximum absolute atomic E-state index is 11.8. The molecule has 4 rings (SSSR count). The van der Waals surface area contributed by atoms with Crippen molar-refractivity contribution in [3.8, 4) is 0 Å². The summed E-state index contributed by atoms with van der Waals surface area (Å²) in [6.07, 6.45) is -2.70. The molecule has 4 heterocycles. The number of nitrogens with one attached hydrogen (secondary N) is 2. The second-order valence-electron chi connectivity index (χ2n) is 5.25. The van der Waals surface area contributed by atoms with Crippen molar-refractivity contribution in [2.45, 2.75) is 24.8 Å². The van der Waals surface area contributed by atoms with Crippen LogP contribution in [0.4, 0.5) is 5.95 Å². The number of ether oxygens (including phenoxy) is 1. The first-order valence-electron chi connectivity index (χ1n) is 7.16. The number of rotatable bonds is 3. The summed E-state index contributed by atoms with van der Waals surface area (Å²) in [6.45, 7) is -0.542. The van der Waals surface area contributed by atoms with Crippen molar-refractivity contribution in [2.75, 3.05) is 11.5 Å². The van der Waals surface area contributed by atoms with E-state index in [2.05, 4.69) is 35.6 Å². The largest absolute Gasteiger partial charge is 0.393 e. The van der Waals surface area contributed by atoms with Crippen LogP contribution in [-0.4, -0.2) is 80.6 Å². The molecule has 3 aromatic heterocycles. The molecular formula is C11H13N9O5. The van der Waals surface area contributed by atoms with Crippen LogP contribution in [0.5, 0.6) is 0 Å². The molecule has 3 aromatic rings. The minimum atomic E-state index is -1.48. The molecule has 0 amide bonds. The first-order chi connectivity index (χ1) is 12.1. The van der Waals surface area contributed by atoms with Crippen LogP contribution in [0.15, 0.2) is 17.4 Å². The minimum Gasteiger partial charge on any atom is -0.393 e. The van der Waals surface area contributed by atoms with Crippen molar-refractivity contribution in [3.63, 3.8) is 0 Å². The standard InChI is InChI=1S/C11H13N9O5/c21-1-4-8(23)20(11-15-17-18-16-11)9(24)10(25-4)19-3-14-5-6(19)12-2-13-7(5)22/h2-4,8-10,21,23-24H,1H2,(H,12,13,22)(H,15,16,17,18)/t4-,8?,9?,10-/m1/s1. The second kappa shape index (κ2) is 5.85. The molecule has 0 aliphatic carbocycles. The number of fused-ring (bicyclic) bond motifs is 1. The summed E-state index contributed by atoms with van der Waals surface area (Å²) in [5.41, 5.74) is -0.243. The van der Waals surface area contributed by atoms with Gasteiger partial charge in [-0.1, -0.05) is 5.10 Å². The van der Waals surface area contributed by atoms with Gasteiger partial charge < -0.3 is 25.0 Å². The zero-order valence-electron chi connectivity index (χ0n) is 12.5. The Hall–Kier alpha value is -2.94. The molecule has 25 heavy (non-hydrogen) atoms. The summed E-state index contributed by atoms with van der Waals surface area (Å²) in [5, 5.41) is 43.5. The first kappa shape index (κ1) is 15.6. The lowest BCUT2D eigenvalue weighted by atomic mass is 10.2. The van der Waals surface area contributed by atoms with Gasteiger partial charge in [-0.25, -0.2) is 9.97 Å². The number of imidazole rings is 1. The number of aromatic amines is 2. The van der Waals surface area contributed by atoms with Gasteiger partial charge in [0.2, 0.25) is 0 Å². The summed E-state index contributed by atoms with van der Waals surface area (Å²) in [4.78, 5) is 23.2. The van der Waals surface area contributed by atoms with Crippen LogP contribution in [0, 0.1) is 0 Å². The molecule has 1 fully saturated rings. The molecule has 4 atom stereocenters. The van der Waals surface area contributed by atoms with E-state index in [4.69, 9.17) is 4.74 Å². The van der Waals surface area contributed by atoms with E-state index < -0.39 is 37.0 Å². The number of nitrogens with zero attached hydrogens (tertiary/aromatic N) is 7. The maximum Gasteiger partial charge on any atom is 0.278 e. The van der Waals surface area contributed by atoms with E-state index in [0.717, 1.165) is 4.90 Å². The van der Waals surface area contributed by atoms with Crippen molar-refractivity contribution in [1.82, 2.24) is 40.1 Å². The third-order valence-electron chi connectivity index (χ3n) is 3.86. The predicted molar refractivity (Wildman–Crippen MR) is 77.8 cm³/mol. The number of morpholine rings is 1. The smallest absolute Gasteiger partial charge is 0.278 e. The number of H-pyrrole nitrogens is 2. The first-order valence-corrected chi connectivity index (χ1v) is 7.16. The summed E-state index contributed by atoms with van der Waals surface area (Å²) in [5.74, 6) is -0.0954. The fourth-order valence-corrected chi connectivity index (χ4v) is 2.69. The summed E-state index contributed by atoms with van der Waals surface area (Å²) >= 11 is 0. The van der Waals surface area contributed by atoms with Gasteiger partial charge in [-0.2, -0.15) is 5.21 Å². The quantitative estimate of drug-likeness (QED) is 0.317. The van der Waals surface area contributed by atoms with E-state index in [0.29, 0.717) is 0 Å². The van der Waals surface area contributed by atoms with Gasteiger partial charge in [0.15, 0.2) is 29.8 Å². The molecule has 14 heteroatoms. The number of aliphatic hydroxyl groups excluding tert-OH is 3. The van der Waals surface area contributed by atoms with Gasteiger partial charge in [-0.05, 0) is 5.21 Å². The summed E-state index contributed by atoms with van der Waals surface area (Å²) < 4.78 is 6.89. The van der Waals surface area contributed by atoms with Crippen LogP contribution in [-0.2, 0) is 4.74 Å². The maximum atomic E-state index is 11.8. The van der Waals surface area contributed by atoms with Gasteiger partial charge in [0.05, 0.1) is 19.3 Å². The Labute approximate surface area is 137 Å². The van der Waals surface area contributed by atoms with Gasteiger partial charge in [-0.15, -0.1) is 5.10 Å². The average Bonchev–Trinajstić information content (AvgIpc) is 3.26. The highest BCUT2D eigenvalue weighted by atomic mass is 16.6. The third-order valence-corrected chi connectivity index (χ3v) is 3.86. The lowest BCUT2D eigenvalue weighted by molar-refractivity contribution is -0.203. The Morgan fingerprint density at radius 2 is 2.12 bits per heavy atom. The van der Waals surface area contributed by atoms with Crippen LogP contribution in [0.25, 0.3) is 11.2 Å². The molecule has 1 saturated heterocycles. The lowest BCUT2D eigenvalue weighted by Gasteiger charge is -2.44. The van der Waals surface area contributed by atoms with Crippen molar-refractivity contribution in [3.05, 3.63) is 23.0 Å². The molecule has 1 aliphatic heterocycles. The predicted octanol–water partition coefficient (Wildman–Crippen LogP) is -3.33. The lowest BCUT2D eigenvalue weighted by Crippen LogP contribution is -2.60. The van der Waals surface area contributed by atoms with Gasteiger partial charge in [0.25, 0.3) is 11.5 Å². The second-order valence-corrected chi connectivity index (χ2v) is 5.25. The van der Waals surface area contributed by atoms with Crippen LogP contribution >= 0.6 is 0 Å². The zero-order valence-corrected chi connectivity index (χ0v) is 12.5. The Kier molecular flexibility index (Phi) is 3.65. The van der Waals surface area contributed by atoms with E-state index in [1.165, 1.54) is 17.2 Å². The molecule has 0 saturated carbocycles. The fraction of sp³-hybridized carbons (Fsp3) is 0.455. The summed E-state index contributed by atoms with van der Waals surface area (Å²) in [7, 11) is 0. The van der Waals surface area contributed by atoms with Crippen LogP contribution in [0.2, 0.25) is 0 Å². The minimum absolute atomic E-state index is 0.0519. The molecule has 5 N–H and O–H groups in total. The fourth-order valence-electron chi connectivity index (χ4n) is 2.69. The third kappa shape index (κ3) is 2.35. The van der Waals surface area contributed by atoms with Crippen molar-refractivity contribution in [1.29, 1.82) is 0 Å². The molecule has 14 nitrogen and oxygen atoms in total. The highest BCUT2D eigenvalue weighted by molar-refractivity contribution is 5.68. The van der Waals surface area contributed by atoms with Crippen molar-refractivity contribution >= 4 is 17.1 Å². The SMILES string of the molecule is O=c1[nH]cnc2c1ncn2[C@@H]1O[C@H](CO)C(O)N(c2nn[nH]n2)C1O. The topological polar surface area (TPSA) is 191 Å². The van der Waals surface area contributed by atoms with Crippen LogP contribution in [0.1, 0.15) is 6.23 Å². The number of tetrazole rings is 1. The number of aromatic nitrogens is 8. The number of hydrogen-bond donors (Lipinski definition) is 5. The average molecular weight is 351 g/mol. The Morgan fingerprint density at radius 1 is 1.28 bits per heavy atom. The molecular weight excluding hydrogens is 338 g/mol. The van der Waals surface area contributed by atoms with Gasteiger partial charge in [0.1, 0.15) is 6.10 Å². The molecule has 2 unspecified atom stereocenters. The van der Waals surface area contributed by atoms with Crippen molar-refractivity contribution < 1.29 is 20.1 Å². The van der Waals surface area contributed by atoms with E-state index in [-0.39, 0.29) is 17.1 Å². The highest BCUT2D eigenvalue weighted by Gasteiger charge is 2.45. The van der Waals surface area contributed by atoms with E-state index in [9.17, 15) is 20.1 Å². The number of anilines is 1. The van der Waals surface area contributed by atoms with E-state index in [1.54, 1.807) is 0 Å². The number of aliphatic hydroxyl groups is 3. The molecule has 1 aliphatic rings. The van der Waals surface area contributed by atoms with Crippen LogP contribution < -0.4 is 10.5 Å². The Balaban J connectivity index is 1.80. The number of hydrogen-bond acceptors (Lipinski definition) is 11. The van der Waals surface area contributed by atoms with E-state index in [1.807, 2.05) is 0 Å². The molecule has 132 valence electrons. The van der Waals surface area contributed by atoms with E-state index >= 15 is 0 Å². The molecule has 0 aromatic carbocycles. The Bertz CT molecular complexity index is 924. The van der Waals surface area contributed by atoms with Gasteiger partial charge in [0, 0.05) is 0 Å². The van der Waals surface area contributed by atoms with Gasteiger partial charge in [-0.3, -0.25) is 14.3 Å². The monoisotopic (exact) mass is 351 g/mol. The normalized spacial score (nSPS) is 27.1. The summed E-state index contributed by atoms with van der Waals surface area (Å²) in [6, 6.07) is 0. The Morgan fingerprint density at radius 3 is 2.84 bits per heavy atom. The zero-order chi connectivity index (χ0) is 17.6. The van der Waals surface area contributed by atoms with Crippen molar-refractivity contribution in [2.24, 2.45) is 0 Å². The van der Waals surface area contributed by atoms with Gasteiger partial charge >= 0.3 is 0 Å². The van der Waals surface area contributed by atoms with Crippen LogP contribution in [0.3, 0.4) is 0 Å². The highest BCUT2D eigenvalue weighted by Crippen LogP contribution is 2.31. The molecule has 0 spiro atoms. The molecule has 0 bridgehead atoms.